The van der Waals surface area contributed by atoms with E-state index in [4.69, 9.17) is 0 Å². The number of carbonyl (C=O) groups excluding carboxylic acids is 1. The van der Waals surface area contributed by atoms with Crippen molar-refractivity contribution in [1.29, 1.82) is 0 Å². The fourth-order valence-electron chi connectivity index (χ4n) is 2.89. The number of hydrogen-bond donors (Lipinski definition) is 2. The molecule has 0 saturated carbocycles. The number of aromatic nitrogens is 2. The lowest BCUT2D eigenvalue weighted by atomic mass is 10.1. The van der Waals surface area contributed by atoms with Gasteiger partial charge in [-0.15, -0.1) is 0 Å². The summed E-state index contributed by atoms with van der Waals surface area (Å²) in [7, 11) is 0. The maximum Gasteiger partial charge on any atom is 0.272 e. The molecule has 0 radical (unpaired) electrons. The molecule has 0 spiro atoms. The molecule has 29 heavy (non-hydrogen) atoms. The van der Waals surface area contributed by atoms with Crippen molar-refractivity contribution in [3.63, 3.8) is 0 Å². The summed E-state index contributed by atoms with van der Waals surface area (Å²) in [5.41, 5.74) is 2.34. The number of carbonyl (C=O) groups is 1. The van der Waals surface area contributed by atoms with E-state index in [2.05, 4.69) is 25.7 Å². The molecule has 0 aliphatic heterocycles. The highest BCUT2D eigenvalue weighted by atomic mass is 16.1. The monoisotopic (exact) mass is 383 g/mol. The zero-order chi connectivity index (χ0) is 20.1. The Bertz CT molecular complexity index is 1230. The van der Waals surface area contributed by atoms with Gasteiger partial charge in [0.25, 0.3) is 5.56 Å². The van der Waals surface area contributed by atoms with Gasteiger partial charge in [0.15, 0.2) is 0 Å². The number of azo groups is 1. The van der Waals surface area contributed by atoms with E-state index < -0.39 is 0 Å². The van der Waals surface area contributed by atoms with Crippen molar-refractivity contribution in [2.75, 3.05) is 5.32 Å². The van der Waals surface area contributed by atoms with Crippen LogP contribution in [0.15, 0.2) is 93.9 Å². The summed E-state index contributed by atoms with van der Waals surface area (Å²) in [4.78, 5) is 24.3. The third kappa shape index (κ3) is 4.41. The number of benzene rings is 3. The van der Waals surface area contributed by atoms with Crippen LogP contribution in [0.4, 0.5) is 17.1 Å². The predicted molar refractivity (Wildman–Crippen MR) is 112 cm³/mol. The fourth-order valence-corrected chi connectivity index (χ4v) is 2.89. The van der Waals surface area contributed by atoms with E-state index >= 15 is 0 Å². The molecule has 7 heteroatoms. The molecule has 142 valence electrons. The van der Waals surface area contributed by atoms with Crippen LogP contribution in [-0.2, 0) is 11.2 Å². The van der Waals surface area contributed by atoms with Crippen molar-refractivity contribution >= 4 is 33.7 Å². The highest BCUT2D eigenvalue weighted by molar-refractivity contribution is 5.95. The normalized spacial score (nSPS) is 11.0. The maximum absolute atomic E-state index is 12.4. The first-order valence-electron chi connectivity index (χ1n) is 9.02. The zero-order valence-corrected chi connectivity index (χ0v) is 15.4. The molecule has 1 heterocycles. The van der Waals surface area contributed by atoms with E-state index in [9.17, 15) is 9.59 Å². The molecule has 0 atom stereocenters. The molecule has 1 amide bonds. The lowest BCUT2D eigenvalue weighted by Gasteiger charge is -2.07. The topological polar surface area (TPSA) is 99.6 Å². The molecule has 3 aromatic carbocycles. The Morgan fingerprint density at radius 1 is 0.828 bits per heavy atom. The molecule has 0 aliphatic rings. The number of fused-ring (bicyclic) bond motifs is 1. The van der Waals surface area contributed by atoms with Crippen LogP contribution in [0.2, 0.25) is 0 Å². The van der Waals surface area contributed by atoms with Gasteiger partial charge in [-0.3, -0.25) is 9.59 Å². The van der Waals surface area contributed by atoms with Gasteiger partial charge in [0, 0.05) is 11.1 Å². The van der Waals surface area contributed by atoms with Crippen molar-refractivity contribution in [2.24, 2.45) is 10.2 Å². The fraction of sp³-hybridized carbons (Fsp3) is 0.0455. The molecule has 4 rings (SSSR count). The average Bonchev–Trinajstić information content (AvgIpc) is 2.76. The van der Waals surface area contributed by atoms with E-state index in [1.54, 1.807) is 42.5 Å². The maximum atomic E-state index is 12.4. The highest BCUT2D eigenvalue weighted by Gasteiger charge is 2.11. The van der Waals surface area contributed by atoms with E-state index in [1.807, 2.05) is 36.4 Å². The van der Waals surface area contributed by atoms with Crippen LogP contribution in [0.3, 0.4) is 0 Å². The Balaban J connectivity index is 1.43. The van der Waals surface area contributed by atoms with Crippen LogP contribution in [0, 0.1) is 0 Å². The van der Waals surface area contributed by atoms with Crippen molar-refractivity contribution in [2.45, 2.75) is 6.42 Å². The Kier molecular flexibility index (Phi) is 5.20. The number of nitrogens with zero attached hydrogens (tertiary/aromatic N) is 3. The van der Waals surface area contributed by atoms with E-state index in [-0.39, 0.29) is 17.9 Å². The van der Waals surface area contributed by atoms with Gasteiger partial charge >= 0.3 is 0 Å². The summed E-state index contributed by atoms with van der Waals surface area (Å²) < 4.78 is 0. The number of rotatable bonds is 5. The minimum Gasteiger partial charge on any atom is -0.326 e. The van der Waals surface area contributed by atoms with Crippen LogP contribution >= 0.6 is 0 Å². The second-order valence-electron chi connectivity index (χ2n) is 6.35. The first-order valence-corrected chi connectivity index (χ1v) is 9.02. The molecule has 7 nitrogen and oxygen atoms in total. The third-order valence-electron chi connectivity index (χ3n) is 4.29. The van der Waals surface area contributed by atoms with Gasteiger partial charge in [0.1, 0.15) is 0 Å². The smallest absolute Gasteiger partial charge is 0.272 e. The van der Waals surface area contributed by atoms with E-state index in [0.29, 0.717) is 27.8 Å². The van der Waals surface area contributed by atoms with Gasteiger partial charge in [-0.05, 0) is 42.5 Å². The SMILES string of the molecule is O=C(Cc1n[nH]c(=O)c2ccccc12)Nc1ccc(N=Nc2ccccc2)cc1. The molecular formula is C22H17N5O2. The molecule has 0 fully saturated rings. The summed E-state index contributed by atoms with van der Waals surface area (Å²) in [5, 5.41) is 18.8. The first-order chi connectivity index (χ1) is 14.2. The van der Waals surface area contributed by atoms with Gasteiger partial charge in [0.2, 0.25) is 5.91 Å². The second kappa shape index (κ2) is 8.26. The number of anilines is 1. The first kappa shape index (κ1) is 18.2. The Morgan fingerprint density at radius 2 is 1.45 bits per heavy atom. The molecule has 1 aromatic heterocycles. The van der Waals surface area contributed by atoms with E-state index in [0.717, 1.165) is 5.69 Å². The van der Waals surface area contributed by atoms with Crippen LogP contribution in [0.25, 0.3) is 10.8 Å². The van der Waals surface area contributed by atoms with Crippen molar-refractivity contribution < 1.29 is 4.79 Å². The largest absolute Gasteiger partial charge is 0.326 e. The summed E-state index contributed by atoms with van der Waals surface area (Å²) in [6.07, 6.45) is 0.0484. The van der Waals surface area contributed by atoms with Crippen molar-refractivity contribution in [1.82, 2.24) is 10.2 Å². The highest BCUT2D eigenvalue weighted by Crippen LogP contribution is 2.20. The van der Waals surface area contributed by atoms with Crippen LogP contribution in [0.1, 0.15) is 5.69 Å². The summed E-state index contributed by atoms with van der Waals surface area (Å²) in [6.45, 7) is 0. The van der Waals surface area contributed by atoms with Crippen LogP contribution in [-0.4, -0.2) is 16.1 Å². The van der Waals surface area contributed by atoms with E-state index in [1.165, 1.54) is 0 Å². The molecule has 2 N–H and O–H groups in total. The second-order valence-corrected chi connectivity index (χ2v) is 6.35. The Hall–Kier alpha value is -4.13. The molecule has 0 saturated heterocycles. The Labute approximate surface area is 166 Å². The number of aromatic amines is 1. The molecular weight excluding hydrogens is 366 g/mol. The van der Waals surface area contributed by atoms with Gasteiger partial charge in [-0.2, -0.15) is 15.3 Å². The van der Waals surface area contributed by atoms with Gasteiger partial charge in [-0.1, -0.05) is 36.4 Å². The molecule has 0 unspecified atom stereocenters. The summed E-state index contributed by atoms with van der Waals surface area (Å²) in [6, 6.07) is 23.6. The molecule has 4 aromatic rings. The summed E-state index contributed by atoms with van der Waals surface area (Å²) >= 11 is 0. The standard InChI is InChI=1S/C22H17N5O2/c28-21(14-20-18-8-4-5-9-19(18)22(29)27-26-20)23-15-10-12-17(13-11-15)25-24-16-6-2-1-3-7-16/h1-13H,14H2,(H,23,28)(H,27,29). The predicted octanol–water partition coefficient (Wildman–Crippen LogP) is 4.52. The third-order valence-corrected chi connectivity index (χ3v) is 4.29. The van der Waals surface area contributed by atoms with Crippen molar-refractivity contribution in [3.8, 4) is 0 Å². The number of amides is 1. The minimum atomic E-state index is -0.273. The number of H-pyrrole nitrogens is 1. The lowest BCUT2D eigenvalue weighted by molar-refractivity contribution is -0.115. The summed E-state index contributed by atoms with van der Waals surface area (Å²) in [5.74, 6) is -0.228. The quantitative estimate of drug-likeness (QED) is 0.496. The zero-order valence-electron chi connectivity index (χ0n) is 15.4. The number of nitrogens with one attached hydrogen (secondary N) is 2. The van der Waals surface area contributed by atoms with Crippen molar-refractivity contribution in [3.05, 3.63) is 94.9 Å². The van der Waals surface area contributed by atoms with Gasteiger partial charge in [0.05, 0.1) is 28.9 Å². The lowest BCUT2D eigenvalue weighted by Crippen LogP contribution is -2.18. The average molecular weight is 383 g/mol. The van der Waals surface area contributed by atoms with Crippen LogP contribution in [0.5, 0.6) is 0 Å². The van der Waals surface area contributed by atoms with Crippen LogP contribution < -0.4 is 10.9 Å². The molecule has 0 aliphatic carbocycles. The molecule has 0 bridgehead atoms. The number of hydrogen-bond acceptors (Lipinski definition) is 5. The van der Waals surface area contributed by atoms with Gasteiger partial charge < -0.3 is 5.32 Å². The minimum absolute atomic E-state index is 0.0484. The Morgan fingerprint density at radius 3 is 2.17 bits per heavy atom. The van der Waals surface area contributed by atoms with Gasteiger partial charge in [-0.25, -0.2) is 5.10 Å².